The number of thiophene rings is 1. The summed E-state index contributed by atoms with van der Waals surface area (Å²) in [4.78, 5) is 32.8. The number of amides is 1. The largest absolute Gasteiger partial charge is 0.324 e. The number of nitrogens with zero attached hydrogens (tertiary/aromatic N) is 2. The summed E-state index contributed by atoms with van der Waals surface area (Å²) in [6.45, 7) is 5.95. The lowest BCUT2D eigenvalue weighted by Gasteiger charge is -2.18. The van der Waals surface area contributed by atoms with Gasteiger partial charge >= 0.3 is 0 Å². The Balaban J connectivity index is 1.74. The number of fused-ring (bicyclic) bond motifs is 1. The van der Waals surface area contributed by atoms with Crippen LogP contribution in [0.4, 0.5) is 5.69 Å². The van der Waals surface area contributed by atoms with E-state index in [2.05, 4.69) is 17.2 Å². The Kier molecular flexibility index (Phi) is 6.44. The van der Waals surface area contributed by atoms with Crippen LogP contribution >= 0.6 is 22.9 Å². The number of hydrogen-bond donors (Lipinski definition) is 1. The zero-order valence-corrected chi connectivity index (χ0v) is 19.8. The van der Waals surface area contributed by atoms with Crippen LogP contribution in [-0.2, 0) is 11.2 Å². The molecule has 2 aromatic carbocycles. The van der Waals surface area contributed by atoms with Crippen molar-refractivity contribution < 1.29 is 4.79 Å². The Bertz CT molecular complexity index is 1320. The van der Waals surface area contributed by atoms with Crippen LogP contribution < -0.4 is 10.9 Å². The topological polar surface area (TPSA) is 64.0 Å². The summed E-state index contributed by atoms with van der Waals surface area (Å²) in [7, 11) is 0. The van der Waals surface area contributed by atoms with E-state index in [1.807, 2.05) is 50.2 Å². The standard InChI is InChI=1S/C25H24ClN3O2S/c1-4-16-6-12-19(13-7-16)28-23(30)20(5-2)29-14-27-24-22(25(29)31)21(15(3)32-24)17-8-10-18(26)11-9-17/h6-14,20H,4-5H2,1-3H3,(H,28,30). The van der Waals surface area contributed by atoms with Crippen LogP contribution in [0.15, 0.2) is 59.7 Å². The van der Waals surface area contributed by atoms with E-state index in [1.54, 1.807) is 12.1 Å². The van der Waals surface area contributed by atoms with Crippen LogP contribution in [0.3, 0.4) is 0 Å². The van der Waals surface area contributed by atoms with Crippen molar-refractivity contribution >= 4 is 44.7 Å². The molecule has 0 fully saturated rings. The molecule has 0 aliphatic carbocycles. The molecule has 4 aromatic rings. The molecule has 0 bridgehead atoms. The van der Waals surface area contributed by atoms with Crippen LogP contribution in [0.1, 0.15) is 36.8 Å². The van der Waals surface area contributed by atoms with Gasteiger partial charge in [-0.3, -0.25) is 14.2 Å². The van der Waals surface area contributed by atoms with Crippen molar-refractivity contribution in [2.24, 2.45) is 0 Å². The summed E-state index contributed by atoms with van der Waals surface area (Å²) >= 11 is 7.52. The van der Waals surface area contributed by atoms with E-state index in [0.29, 0.717) is 27.3 Å². The fourth-order valence-electron chi connectivity index (χ4n) is 3.86. The van der Waals surface area contributed by atoms with Gasteiger partial charge in [0.15, 0.2) is 0 Å². The van der Waals surface area contributed by atoms with Gasteiger partial charge in [-0.2, -0.15) is 0 Å². The van der Waals surface area contributed by atoms with Gasteiger partial charge in [-0.1, -0.05) is 49.7 Å². The molecule has 0 aliphatic heterocycles. The molecule has 7 heteroatoms. The highest BCUT2D eigenvalue weighted by atomic mass is 35.5. The molecule has 1 atom stereocenters. The molecule has 1 unspecified atom stereocenters. The summed E-state index contributed by atoms with van der Waals surface area (Å²) in [5.41, 5.74) is 3.44. The number of anilines is 1. The maximum atomic E-state index is 13.6. The third kappa shape index (κ3) is 4.20. The zero-order chi connectivity index (χ0) is 22.8. The summed E-state index contributed by atoms with van der Waals surface area (Å²) in [6, 6.07) is 14.5. The van der Waals surface area contributed by atoms with Gasteiger partial charge in [0, 0.05) is 21.2 Å². The molecule has 2 heterocycles. The highest BCUT2D eigenvalue weighted by Crippen LogP contribution is 2.36. The molecule has 1 N–H and O–H groups in total. The highest BCUT2D eigenvalue weighted by molar-refractivity contribution is 7.19. The van der Waals surface area contributed by atoms with E-state index in [4.69, 9.17) is 11.6 Å². The van der Waals surface area contributed by atoms with Gasteiger partial charge in [0.25, 0.3) is 5.56 Å². The smallest absolute Gasteiger partial charge is 0.263 e. The predicted molar refractivity (Wildman–Crippen MR) is 133 cm³/mol. The van der Waals surface area contributed by atoms with E-state index in [-0.39, 0.29) is 11.5 Å². The molecule has 1 amide bonds. The van der Waals surface area contributed by atoms with Crippen LogP contribution in [0.2, 0.25) is 5.02 Å². The second kappa shape index (κ2) is 9.27. The third-order valence-corrected chi connectivity index (χ3v) is 6.87. The predicted octanol–water partition coefficient (Wildman–Crippen LogP) is 6.24. The first-order valence-corrected chi connectivity index (χ1v) is 11.8. The second-order valence-corrected chi connectivity index (χ2v) is 9.28. The molecular formula is C25H24ClN3O2S. The molecule has 32 heavy (non-hydrogen) atoms. The van der Waals surface area contributed by atoms with Crippen LogP contribution in [0.5, 0.6) is 0 Å². The average molecular weight is 466 g/mol. The van der Waals surface area contributed by atoms with E-state index < -0.39 is 6.04 Å². The van der Waals surface area contributed by atoms with Crippen LogP contribution in [-0.4, -0.2) is 15.5 Å². The molecule has 0 radical (unpaired) electrons. The molecule has 0 aliphatic rings. The molecule has 0 saturated carbocycles. The van der Waals surface area contributed by atoms with Gasteiger partial charge < -0.3 is 5.32 Å². The van der Waals surface area contributed by atoms with Gasteiger partial charge in [-0.25, -0.2) is 4.98 Å². The van der Waals surface area contributed by atoms with E-state index in [1.165, 1.54) is 27.8 Å². The number of nitrogens with one attached hydrogen (secondary N) is 1. The van der Waals surface area contributed by atoms with Gasteiger partial charge in [0.2, 0.25) is 5.91 Å². The Hall–Kier alpha value is -2.96. The number of aromatic nitrogens is 2. The lowest BCUT2D eigenvalue weighted by molar-refractivity contribution is -0.119. The maximum absolute atomic E-state index is 13.6. The zero-order valence-electron chi connectivity index (χ0n) is 18.2. The van der Waals surface area contributed by atoms with Crippen molar-refractivity contribution in [3.63, 3.8) is 0 Å². The molecule has 164 valence electrons. The van der Waals surface area contributed by atoms with Gasteiger partial charge in [-0.15, -0.1) is 11.3 Å². The Labute approximate surface area is 195 Å². The number of halogens is 1. The lowest BCUT2D eigenvalue weighted by Crippen LogP contribution is -2.33. The normalized spacial score (nSPS) is 12.1. The number of aryl methyl sites for hydroxylation is 2. The third-order valence-electron chi connectivity index (χ3n) is 5.60. The van der Waals surface area contributed by atoms with Crippen molar-refractivity contribution in [3.8, 4) is 11.1 Å². The Morgan fingerprint density at radius 2 is 1.81 bits per heavy atom. The van der Waals surface area contributed by atoms with Gasteiger partial charge in [0.05, 0.1) is 11.7 Å². The number of benzene rings is 2. The van der Waals surface area contributed by atoms with Crippen molar-refractivity contribution in [3.05, 3.63) is 80.7 Å². The lowest BCUT2D eigenvalue weighted by atomic mass is 10.0. The summed E-state index contributed by atoms with van der Waals surface area (Å²) < 4.78 is 1.45. The number of rotatable bonds is 6. The maximum Gasteiger partial charge on any atom is 0.263 e. The first-order chi connectivity index (χ1) is 15.4. The first-order valence-electron chi connectivity index (χ1n) is 10.6. The summed E-state index contributed by atoms with van der Waals surface area (Å²) in [5, 5.41) is 4.11. The minimum absolute atomic E-state index is 0.215. The summed E-state index contributed by atoms with van der Waals surface area (Å²) in [5.74, 6) is -0.236. The molecule has 0 spiro atoms. The van der Waals surface area contributed by atoms with Crippen LogP contribution in [0.25, 0.3) is 21.3 Å². The fraction of sp³-hybridized carbons (Fsp3) is 0.240. The molecule has 2 aromatic heterocycles. The van der Waals surface area contributed by atoms with E-state index >= 15 is 0 Å². The molecule has 4 rings (SSSR count). The van der Waals surface area contributed by atoms with Crippen molar-refractivity contribution in [2.75, 3.05) is 5.32 Å². The number of carbonyl (C=O) groups excluding carboxylic acids is 1. The van der Waals surface area contributed by atoms with Crippen molar-refractivity contribution in [1.82, 2.24) is 9.55 Å². The molecular weight excluding hydrogens is 442 g/mol. The average Bonchev–Trinajstić information content (AvgIpc) is 3.13. The molecule has 5 nitrogen and oxygen atoms in total. The molecule has 0 saturated heterocycles. The Morgan fingerprint density at radius 3 is 2.44 bits per heavy atom. The van der Waals surface area contributed by atoms with Crippen LogP contribution in [0, 0.1) is 6.92 Å². The number of carbonyl (C=O) groups is 1. The van der Waals surface area contributed by atoms with Gasteiger partial charge in [-0.05, 0) is 55.2 Å². The first kappa shape index (κ1) is 22.2. The van der Waals surface area contributed by atoms with E-state index in [9.17, 15) is 9.59 Å². The minimum Gasteiger partial charge on any atom is -0.324 e. The number of hydrogen-bond acceptors (Lipinski definition) is 4. The summed E-state index contributed by atoms with van der Waals surface area (Å²) in [6.07, 6.45) is 2.88. The van der Waals surface area contributed by atoms with E-state index in [0.717, 1.165) is 22.4 Å². The minimum atomic E-state index is -0.663. The Morgan fingerprint density at radius 1 is 1.12 bits per heavy atom. The SMILES string of the molecule is CCc1ccc(NC(=O)C(CC)n2cnc3sc(C)c(-c4ccc(Cl)cc4)c3c2=O)cc1. The van der Waals surface area contributed by atoms with Crippen molar-refractivity contribution in [1.29, 1.82) is 0 Å². The fourth-order valence-corrected chi connectivity index (χ4v) is 4.99. The van der Waals surface area contributed by atoms with Crippen molar-refractivity contribution in [2.45, 2.75) is 39.7 Å². The second-order valence-electron chi connectivity index (χ2n) is 7.64. The highest BCUT2D eigenvalue weighted by Gasteiger charge is 2.24. The van der Waals surface area contributed by atoms with Gasteiger partial charge in [0.1, 0.15) is 10.9 Å². The monoisotopic (exact) mass is 465 g/mol. The quantitative estimate of drug-likeness (QED) is 0.366.